The lowest BCUT2D eigenvalue weighted by Crippen LogP contribution is -2.35. The summed E-state index contributed by atoms with van der Waals surface area (Å²) < 4.78 is 15.2. The number of hydrogen-bond donors (Lipinski definition) is 1. The van der Waals surface area contributed by atoms with Crippen molar-refractivity contribution < 1.29 is 23.5 Å². The first-order valence-corrected chi connectivity index (χ1v) is 6.75. The molecule has 1 heterocycles. The Labute approximate surface area is 128 Å². The molecule has 116 valence electrons. The number of benzene rings is 1. The lowest BCUT2D eigenvalue weighted by atomic mass is 10.2. The molecule has 1 amide bonds. The molecule has 1 atom stereocenters. The Morgan fingerprint density at radius 3 is 2.55 bits per heavy atom. The minimum Gasteiger partial charge on any atom is -0.497 e. The van der Waals surface area contributed by atoms with Crippen LogP contribution in [0.2, 0.25) is 0 Å². The molecule has 6 heteroatoms. The fourth-order valence-electron chi connectivity index (χ4n) is 1.74. The summed E-state index contributed by atoms with van der Waals surface area (Å²) in [5.41, 5.74) is 0.353. The van der Waals surface area contributed by atoms with Gasteiger partial charge in [-0.2, -0.15) is 0 Å². The molecule has 0 unspecified atom stereocenters. The highest BCUT2D eigenvalue weighted by molar-refractivity contribution is 5.92. The van der Waals surface area contributed by atoms with Crippen molar-refractivity contribution in [3.8, 4) is 5.75 Å². The molecule has 0 fully saturated rings. The van der Waals surface area contributed by atoms with E-state index >= 15 is 0 Å². The maximum Gasteiger partial charge on any atom is 0.338 e. The van der Waals surface area contributed by atoms with Crippen molar-refractivity contribution in [2.45, 2.75) is 19.6 Å². The number of hydrogen-bond acceptors (Lipinski definition) is 5. The smallest absolute Gasteiger partial charge is 0.338 e. The lowest BCUT2D eigenvalue weighted by Gasteiger charge is -2.13. The third kappa shape index (κ3) is 4.12. The Morgan fingerprint density at radius 1 is 1.23 bits per heavy atom. The highest BCUT2D eigenvalue weighted by Gasteiger charge is 2.18. The summed E-state index contributed by atoms with van der Waals surface area (Å²) in [4.78, 5) is 23.8. The number of methoxy groups -OCH3 is 1. The molecule has 6 nitrogen and oxygen atoms in total. The molecule has 1 aromatic heterocycles. The average Bonchev–Trinajstić information content (AvgIpc) is 3.06. The van der Waals surface area contributed by atoms with Gasteiger partial charge in [0, 0.05) is 0 Å². The van der Waals surface area contributed by atoms with E-state index in [1.54, 1.807) is 43.5 Å². The van der Waals surface area contributed by atoms with Crippen molar-refractivity contribution in [3.63, 3.8) is 0 Å². The van der Waals surface area contributed by atoms with Crippen LogP contribution in [0.15, 0.2) is 47.1 Å². The highest BCUT2D eigenvalue weighted by atomic mass is 16.5. The van der Waals surface area contributed by atoms with Crippen molar-refractivity contribution >= 4 is 11.9 Å². The van der Waals surface area contributed by atoms with Crippen LogP contribution in [0, 0.1) is 0 Å². The van der Waals surface area contributed by atoms with Gasteiger partial charge in [0.25, 0.3) is 5.91 Å². The molecule has 0 saturated heterocycles. The predicted molar refractivity (Wildman–Crippen MR) is 78.4 cm³/mol. The first kappa shape index (κ1) is 15.6. The molecule has 22 heavy (non-hydrogen) atoms. The molecular formula is C16H17NO5. The first-order chi connectivity index (χ1) is 10.6. The Bertz CT molecular complexity index is 618. The number of amides is 1. The third-order valence-electron chi connectivity index (χ3n) is 3.00. The van der Waals surface area contributed by atoms with E-state index in [-0.39, 0.29) is 6.54 Å². The minimum absolute atomic E-state index is 0.246. The van der Waals surface area contributed by atoms with Gasteiger partial charge in [0.1, 0.15) is 11.5 Å². The summed E-state index contributed by atoms with van der Waals surface area (Å²) in [5, 5.41) is 2.63. The number of furan rings is 1. The molecule has 0 saturated carbocycles. The molecule has 0 spiro atoms. The van der Waals surface area contributed by atoms with Gasteiger partial charge in [-0.15, -0.1) is 0 Å². The number of carbonyl (C=O) groups excluding carboxylic acids is 2. The van der Waals surface area contributed by atoms with Crippen LogP contribution in [0.5, 0.6) is 5.75 Å². The van der Waals surface area contributed by atoms with Crippen molar-refractivity contribution in [2.24, 2.45) is 0 Å². The molecule has 0 aliphatic rings. The molecular weight excluding hydrogens is 286 g/mol. The van der Waals surface area contributed by atoms with Crippen LogP contribution in [-0.4, -0.2) is 25.1 Å². The number of ether oxygens (including phenoxy) is 2. The second-order valence-corrected chi connectivity index (χ2v) is 4.57. The zero-order valence-corrected chi connectivity index (χ0v) is 12.4. The van der Waals surface area contributed by atoms with Crippen LogP contribution >= 0.6 is 0 Å². The van der Waals surface area contributed by atoms with Gasteiger partial charge in [0.05, 0.1) is 25.5 Å². The summed E-state index contributed by atoms with van der Waals surface area (Å²) in [6.45, 7) is 1.76. The summed E-state index contributed by atoms with van der Waals surface area (Å²) >= 11 is 0. The van der Waals surface area contributed by atoms with Crippen LogP contribution < -0.4 is 10.1 Å². The normalized spacial score (nSPS) is 11.5. The summed E-state index contributed by atoms with van der Waals surface area (Å²) in [6.07, 6.45) is 0.624. The van der Waals surface area contributed by atoms with Crippen molar-refractivity contribution in [1.82, 2.24) is 5.32 Å². The second-order valence-electron chi connectivity index (χ2n) is 4.57. The summed E-state index contributed by atoms with van der Waals surface area (Å²) in [6, 6.07) is 9.93. The fourth-order valence-corrected chi connectivity index (χ4v) is 1.74. The monoisotopic (exact) mass is 303 g/mol. The van der Waals surface area contributed by atoms with E-state index in [2.05, 4.69) is 5.32 Å². The Balaban J connectivity index is 1.85. The van der Waals surface area contributed by atoms with E-state index < -0.39 is 18.0 Å². The Kier molecular flexibility index (Phi) is 5.19. The van der Waals surface area contributed by atoms with Gasteiger partial charge in [-0.1, -0.05) is 0 Å². The molecule has 0 bridgehead atoms. The largest absolute Gasteiger partial charge is 0.497 e. The van der Waals surface area contributed by atoms with Crippen molar-refractivity contribution in [3.05, 3.63) is 54.0 Å². The minimum atomic E-state index is -0.899. The van der Waals surface area contributed by atoms with Gasteiger partial charge in [-0.25, -0.2) is 4.79 Å². The number of nitrogens with one attached hydrogen (secondary N) is 1. The second kappa shape index (κ2) is 7.31. The van der Waals surface area contributed by atoms with E-state index in [1.807, 2.05) is 0 Å². The highest BCUT2D eigenvalue weighted by Crippen LogP contribution is 2.12. The molecule has 1 N–H and O–H groups in total. The van der Waals surface area contributed by atoms with Crippen LogP contribution in [0.4, 0.5) is 0 Å². The Hall–Kier alpha value is -2.76. The van der Waals surface area contributed by atoms with Crippen molar-refractivity contribution in [1.29, 1.82) is 0 Å². The van der Waals surface area contributed by atoms with Crippen LogP contribution in [-0.2, 0) is 16.1 Å². The van der Waals surface area contributed by atoms with Crippen LogP contribution in [0.1, 0.15) is 23.0 Å². The fraction of sp³-hybridized carbons (Fsp3) is 0.250. The number of esters is 1. The molecule has 2 aromatic rings. The maximum absolute atomic E-state index is 11.9. The van der Waals surface area contributed by atoms with Gasteiger partial charge in [-0.05, 0) is 43.3 Å². The third-order valence-corrected chi connectivity index (χ3v) is 3.00. The maximum atomic E-state index is 11.9. The van der Waals surface area contributed by atoms with Gasteiger partial charge >= 0.3 is 5.97 Å². The SMILES string of the molecule is COc1ccc(C(=O)O[C@@H](C)C(=O)NCc2ccco2)cc1. The van der Waals surface area contributed by atoms with Gasteiger partial charge < -0.3 is 19.2 Å². The molecule has 0 aliphatic carbocycles. The van der Waals surface area contributed by atoms with E-state index in [9.17, 15) is 9.59 Å². The van der Waals surface area contributed by atoms with E-state index in [0.717, 1.165) is 0 Å². The van der Waals surface area contributed by atoms with E-state index in [1.165, 1.54) is 13.2 Å². The molecule has 1 aromatic carbocycles. The molecule has 0 radical (unpaired) electrons. The molecule has 0 aliphatic heterocycles. The number of rotatable bonds is 6. The van der Waals surface area contributed by atoms with Crippen molar-refractivity contribution in [2.75, 3.05) is 7.11 Å². The van der Waals surface area contributed by atoms with Gasteiger partial charge in [0.15, 0.2) is 6.10 Å². The topological polar surface area (TPSA) is 77.8 Å². The summed E-state index contributed by atoms with van der Waals surface area (Å²) in [7, 11) is 1.54. The summed E-state index contributed by atoms with van der Waals surface area (Å²) in [5.74, 6) is 0.310. The predicted octanol–water partition coefficient (Wildman–Crippen LogP) is 2.15. The molecule has 2 rings (SSSR count). The van der Waals surface area contributed by atoms with Gasteiger partial charge in [-0.3, -0.25) is 4.79 Å². The lowest BCUT2D eigenvalue weighted by molar-refractivity contribution is -0.129. The quantitative estimate of drug-likeness (QED) is 0.827. The average molecular weight is 303 g/mol. The number of carbonyl (C=O) groups is 2. The Morgan fingerprint density at radius 2 is 1.95 bits per heavy atom. The standard InChI is InChI=1S/C16H17NO5/c1-11(15(18)17-10-14-4-3-9-21-14)22-16(19)12-5-7-13(20-2)8-6-12/h3-9,11H,10H2,1-2H3,(H,17,18)/t11-/m0/s1. The van der Waals surface area contributed by atoms with Crippen LogP contribution in [0.25, 0.3) is 0 Å². The van der Waals surface area contributed by atoms with Crippen LogP contribution in [0.3, 0.4) is 0 Å². The van der Waals surface area contributed by atoms with Gasteiger partial charge in [0.2, 0.25) is 0 Å². The van der Waals surface area contributed by atoms with E-state index in [0.29, 0.717) is 17.1 Å². The first-order valence-electron chi connectivity index (χ1n) is 6.75. The zero-order valence-electron chi connectivity index (χ0n) is 12.4. The zero-order chi connectivity index (χ0) is 15.9. The van der Waals surface area contributed by atoms with E-state index in [4.69, 9.17) is 13.9 Å².